The molecule has 5 heteroatoms. The average molecular weight is 250 g/mol. The van der Waals surface area contributed by atoms with E-state index in [0.29, 0.717) is 6.54 Å². The fourth-order valence-corrected chi connectivity index (χ4v) is 1.44. The van der Waals surface area contributed by atoms with Gasteiger partial charge in [0, 0.05) is 6.54 Å². The molecule has 0 aliphatic carbocycles. The van der Waals surface area contributed by atoms with Crippen molar-refractivity contribution in [3.63, 3.8) is 0 Å². The Morgan fingerprint density at radius 2 is 2.22 bits per heavy atom. The van der Waals surface area contributed by atoms with Crippen LogP contribution >= 0.6 is 0 Å². The van der Waals surface area contributed by atoms with Crippen molar-refractivity contribution in [1.29, 1.82) is 0 Å². The Morgan fingerprint density at radius 3 is 2.72 bits per heavy atom. The number of rotatable bonds is 6. The highest BCUT2D eigenvalue weighted by Gasteiger charge is 2.24. The van der Waals surface area contributed by atoms with Crippen LogP contribution in [0.15, 0.2) is 35.5 Å². The van der Waals surface area contributed by atoms with Crippen molar-refractivity contribution in [3.05, 3.63) is 36.8 Å². The van der Waals surface area contributed by atoms with Crippen molar-refractivity contribution in [2.24, 2.45) is 5.92 Å². The average Bonchev–Trinajstić information content (AvgIpc) is 2.86. The number of hydrogen-bond donors (Lipinski definition) is 2. The lowest BCUT2D eigenvalue weighted by Gasteiger charge is -2.20. The molecule has 0 saturated carbocycles. The number of carbonyl (C=O) groups is 2. The van der Waals surface area contributed by atoms with Crippen LogP contribution in [0.5, 0.6) is 0 Å². The third-order valence-corrected chi connectivity index (χ3v) is 2.40. The van der Waals surface area contributed by atoms with Gasteiger partial charge in [0.2, 0.25) is 5.91 Å². The molecular weight excluding hydrogens is 232 g/mol. The summed E-state index contributed by atoms with van der Waals surface area (Å²) in [5.74, 6) is -0.455. The molecule has 2 amide bonds. The van der Waals surface area contributed by atoms with E-state index in [-0.39, 0.29) is 17.6 Å². The summed E-state index contributed by atoms with van der Waals surface area (Å²) in [4.78, 5) is 23.6. The number of furan rings is 1. The SMILES string of the molecule is C=CCNC(=O)[C@H](NC(=O)c1ccco1)C(C)C. The second kappa shape index (κ2) is 6.64. The summed E-state index contributed by atoms with van der Waals surface area (Å²) in [6.07, 6.45) is 3.00. The maximum absolute atomic E-state index is 11.8. The molecule has 0 aromatic carbocycles. The Hall–Kier alpha value is -2.04. The first-order chi connectivity index (χ1) is 8.56. The number of carbonyl (C=O) groups excluding carboxylic acids is 2. The molecule has 0 radical (unpaired) electrons. The van der Waals surface area contributed by atoms with Crippen molar-refractivity contribution in [2.45, 2.75) is 19.9 Å². The number of nitrogens with one attached hydrogen (secondary N) is 2. The van der Waals surface area contributed by atoms with Crippen LogP contribution in [0.25, 0.3) is 0 Å². The molecule has 0 spiro atoms. The van der Waals surface area contributed by atoms with Gasteiger partial charge >= 0.3 is 0 Å². The van der Waals surface area contributed by atoms with Crippen LogP contribution in [0.4, 0.5) is 0 Å². The molecule has 18 heavy (non-hydrogen) atoms. The van der Waals surface area contributed by atoms with Crippen molar-refractivity contribution in [2.75, 3.05) is 6.54 Å². The molecular formula is C13H18N2O3. The van der Waals surface area contributed by atoms with Gasteiger partial charge in [-0.25, -0.2) is 0 Å². The van der Waals surface area contributed by atoms with Gasteiger partial charge in [-0.1, -0.05) is 19.9 Å². The highest BCUT2D eigenvalue weighted by Crippen LogP contribution is 2.05. The molecule has 0 saturated heterocycles. The first-order valence-electron chi connectivity index (χ1n) is 5.79. The third kappa shape index (κ3) is 3.76. The van der Waals surface area contributed by atoms with Gasteiger partial charge in [-0.05, 0) is 18.1 Å². The van der Waals surface area contributed by atoms with E-state index >= 15 is 0 Å². The van der Waals surface area contributed by atoms with Crippen LogP contribution in [0.3, 0.4) is 0 Å². The van der Waals surface area contributed by atoms with E-state index in [4.69, 9.17) is 4.42 Å². The van der Waals surface area contributed by atoms with Crippen molar-refractivity contribution in [3.8, 4) is 0 Å². The van der Waals surface area contributed by atoms with Crippen LogP contribution in [0.1, 0.15) is 24.4 Å². The fraction of sp³-hybridized carbons (Fsp3) is 0.385. The van der Waals surface area contributed by atoms with Gasteiger partial charge in [-0.3, -0.25) is 9.59 Å². The molecule has 0 bridgehead atoms. The lowest BCUT2D eigenvalue weighted by atomic mass is 10.0. The third-order valence-electron chi connectivity index (χ3n) is 2.40. The summed E-state index contributed by atoms with van der Waals surface area (Å²) in [7, 11) is 0. The highest BCUT2D eigenvalue weighted by atomic mass is 16.3. The van der Waals surface area contributed by atoms with Crippen LogP contribution in [0.2, 0.25) is 0 Å². The largest absolute Gasteiger partial charge is 0.459 e. The number of hydrogen-bond acceptors (Lipinski definition) is 3. The van der Waals surface area contributed by atoms with Crippen LogP contribution in [0, 0.1) is 5.92 Å². The minimum absolute atomic E-state index is 0.0197. The lowest BCUT2D eigenvalue weighted by Crippen LogP contribution is -2.49. The molecule has 2 N–H and O–H groups in total. The van der Waals surface area contributed by atoms with E-state index in [1.54, 1.807) is 18.2 Å². The lowest BCUT2D eigenvalue weighted by molar-refractivity contribution is -0.123. The molecule has 0 aliphatic rings. The van der Waals surface area contributed by atoms with Crippen LogP contribution in [-0.2, 0) is 4.79 Å². The smallest absolute Gasteiger partial charge is 0.287 e. The van der Waals surface area contributed by atoms with Gasteiger partial charge in [-0.15, -0.1) is 6.58 Å². The van der Waals surface area contributed by atoms with Crippen molar-refractivity contribution < 1.29 is 14.0 Å². The zero-order valence-corrected chi connectivity index (χ0v) is 10.6. The van der Waals surface area contributed by atoms with Gasteiger partial charge in [0.25, 0.3) is 5.91 Å². The quantitative estimate of drug-likeness (QED) is 0.748. The van der Waals surface area contributed by atoms with E-state index in [1.807, 2.05) is 13.8 Å². The maximum Gasteiger partial charge on any atom is 0.287 e. The second-order valence-corrected chi connectivity index (χ2v) is 4.21. The fourth-order valence-electron chi connectivity index (χ4n) is 1.44. The summed E-state index contributed by atoms with van der Waals surface area (Å²) >= 11 is 0. The summed E-state index contributed by atoms with van der Waals surface area (Å²) < 4.78 is 4.98. The maximum atomic E-state index is 11.8. The predicted octanol–water partition coefficient (Wildman–Crippen LogP) is 1.34. The monoisotopic (exact) mass is 250 g/mol. The van der Waals surface area contributed by atoms with E-state index < -0.39 is 11.9 Å². The molecule has 1 aromatic heterocycles. The van der Waals surface area contributed by atoms with Crippen molar-refractivity contribution >= 4 is 11.8 Å². The molecule has 1 rings (SSSR count). The Labute approximate surface area is 106 Å². The standard InChI is InChI=1S/C13H18N2O3/c1-4-7-14-13(17)11(9(2)3)15-12(16)10-6-5-8-18-10/h4-6,8-9,11H,1,7H2,2-3H3,(H,14,17)(H,15,16)/t11-/m1/s1. The first kappa shape index (κ1) is 14.0. The Kier molecular flexibility index (Phi) is 5.17. The summed E-state index contributed by atoms with van der Waals surface area (Å²) in [5, 5.41) is 5.31. The first-order valence-corrected chi connectivity index (χ1v) is 5.79. The van der Waals surface area contributed by atoms with Gasteiger partial charge in [0.15, 0.2) is 5.76 Å². The van der Waals surface area contributed by atoms with Crippen LogP contribution in [-0.4, -0.2) is 24.4 Å². The van der Waals surface area contributed by atoms with Gasteiger partial charge in [-0.2, -0.15) is 0 Å². The minimum atomic E-state index is -0.595. The molecule has 1 atom stereocenters. The molecule has 0 aliphatic heterocycles. The van der Waals surface area contributed by atoms with Crippen LogP contribution < -0.4 is 10.6 Å². The summed E-state index contributed by atoms with van der Waals surface area (Å²) in [5.41, 5.74) is 0. The normalized spacial score (nSPS) is 11.9. The Morgan fingerprint density at radius 1 is 1.50 bits per heavy atom. The van der Waals surface area contributed by atoms with E-state index in [9.17, 15) is 9.59 Å². The molecule has 1 aromatic rings. The minimum Gasteiger partial charge on any atom is -0.459 e. The Bertz CT molecular complexity index is 410. The highest BCUT2D eigenvalue weighted by molar-refractivity contribution is 5.95. The van der Waals surface area contributed by atoms with Gasteiger partial charge in [0.1, 0.15) is 6.04 Å². The molecule has 1 heterocycles. The van der Waals surface area contributed by atoms with E-state index in [1.165, 1.54) is 6.26 Å². The molecule has 5 nitrogen and oxygen atoms in total. The van der Waals surface area contributed by atoms with Gasteiger partial charge in [0.05, 0.1) is 6.26 Å². The van der Waals surface area contributed by atoms with E-state index in [0.717, 1.165) is 0 Å². The molecule has 98 valence electrons. The van der Waals surface area contributed by atoms with Gasteiger partial charge < -0.3 is 15.1 Å². The molecule has 0 unspecified atom stereocenters. The zero-order valence-electron chi connectivity index (χ0n) is 10.6. The van der Waals surface area contributed by atoms with Crippen molar-refractivity contribution in [1.82, 2.24) is 10.6 Å². The van der Waals surface area contributed by atoms with E-state index in [2.05, 4.69) is 17.2 Å². The predicted molar refractivity (Wildman–Crippen MR) is 68.0 cm³/mol. The topological polar surface area (TPSA) is 71.3 Å². The number of amides is 2. The zero-order chi connectivity index (χ0) is 13.5. The summed E-state index contributed by atoms with van der Waals surface area (Å²) in [6.45, 7) is 7.62. The Balaban J connectivity index is 2.66. The summed E-state index contributed by atoms with van der Waals surface area (Å²) in [6, 6.07) is 2.58. The second-order valence-electron chi connectivity index (χ2n) is 4.21. The molecule has 0 fully saturated rings.